The minimum atomic E-state index is -0.511. The van der Waals surface area contributed by atoms with E-state index in [1.165, 1.54) is 0 Å². The van der Waals surface area contributed by atoms with E-state index < -0.39 is 11.7 Å². The Labute approximate surface area is 129 Å². The molecule has 1 amide bonds. The van der Waals surface area contributed by atoms with Gasteiger partial charge in [0, 0.05) is 16.5 Å². The van der Waals surface area contributed by atoms with E-state index in [4.69, 9.17) is 27.9 Å². The van der Waals surface area contributed by atoms with E-state index in [9.17, 15) is 4.79 Å². The summed E-state index contributed by atoms with van der Waals surface area (Å²) in [5.41, 5.74) is 1.12. The Balaban J connectivity index is 2.53. The van der Waals surface area contributed by atoms with Gasteiger partial charge in [0.1, 0.15) is 5.60 Å². The molecular formula is C15H17Cl2NO2. The highest BCUT2D eigenvalue weighted by molar-refractivity contribution is 6.32. The summed E-state index contributed by atoms with van der Waals surface area (Å²) in [7, 11) is 0. The molecule has 0 aliphatic heterocycles. The SMILES string of the molecule is CC(C)(C)OC(=O)NCC#Cc1ccc(Cl)c(CCl)c1. The monoisotopic (exact) mass is 313 g/mol. The molecule has 0 unspecified atom stereocenters. The van der Waals surface area contributed by atoms with Crippen molar-refractivity contribution < 1.29 is 9.53 Å². The van der Waals surface area contributed by atoms with Gasteiger partial charge in [0.15, 0.2) is 0 Å². The molecule has 3 nitrogen and oxygen atoms in total. The Morgan fingerprint density at radius 2 is 2.10 bits per heavy atom. The summed E-state index contributed by atoms with van der Waals surface area (Å²) >= 11 is 11.7. The van der Waals surface area contributed by atoms with Crippen LogP contribution in [0, 0.1) is 11.8 Å². The van der Waals surface area contributed by atoms with Crippen molar-refractivity contribution >= 4 is 29.3 Å². The Morgan fingerprint density at radius 3 is 2.70 bits per heavy atom. The molecule has 0 atom stereocenters. The summed E-state index contributed by atoms with van der Waals surface area (Å²) in [5.74, 6) is 6.11. The molecule has 0 bridgehead atoms. The van der Waals surface area contributed by atoms with E-state index in [-0.39, 0.29) is 6.54 Å². The number of benzene rings is 1. The Morgan fingerprint density at radius 1 is 1.40 bits per heavy atom. The maximum absolute atomic E-state index is 11.4. The number of carbonyl (C=O) groups is 1. The Bertz CT molecular complexity index is 539. The molecule has 0 fully saturated rings. The molecule has 108 valence electrons. The van der Waals surface area contributed by atoms with Crippen molar-refractivity contribution in [2.45, 2.75) is 32.3 Å². The van der Waals surface area contributed by atoms with Crippen molar-refractivity contribution in [3.63, 3.8) is 0 Å². The van der Waals surface area contributed by atoms with Crippen LogP contribution in [0.2, 0.25) is 5.02 Å². The van der Waals surface area contributed by atoms with E-state index in [0.717, 1.165) is 11.1 Å². The number of hydrogen-bond acceptors (Lipinski definition) is 2. The lowest BCUT2D eigenvalue weighted by molar-refractivity contribution is 0.0535. The summed E-state index contributed by atoms with van der Waals surface area (Å²) in [4.78, 5) is 11.4. The number of alkyl halides is 1. The molecule has 0 aliphatic carbocycles. The fourth-order valence-corrected chi connectivity index (χ4v) is 1.81. The maximum Gasteiger partial charge on any atom is 0.408 e. The third kappa shape index (κ3) is 6.18. The second-order valence-corrected chi connectivity index (χ2v) is 5.77. The Kier molecular flexibility index (Phi) is 6.19. The van der Waals surface area contributed by atoms with Crippen LogP contribution in [0.15, 0.2) is 18.2 Å². The number of halogens is 2. The van der Waals surface area contributed by atoms with Gasteiger partial charge < -0.3 is 10.1 Å². The van der Waals surface area contributed by atoms with Gasteiger partial charge in [-0.25, -0.2) is 4.79 Å². The van der Waals surface area contributed by atoms with E-state index in [2.05, 4.69) is 17.2 Å². The topological polar surface area (TPSA) is 38.3 Å². The van der Waals surface area contributed by atoms with Crippen molar-refractivity contribution in [2.24, 2.45) is 0 Å². The third-order valence-electron chi connectivity index (χ3n) is 2.14. The molecule has 5 heteroatoms. The average Bonchev–Trinajstić information content (AvgIpc) is 2.34. The van der Waals surface area contributed by atoms with Crippen molar-refractivity contribution in [2.75, 3.05) is 6.54 Å². The van der Waals surface area contributed by atoms with Gasteiger partial charge in [-0.2, -0.15) is 0 Å². The Hall–Kier alpha value is -1.37. The summed E-state index contributed by atoms with van der Waals surface area (Å²) in [6.45, 7) is 5.63. The normalized spacial score (nSPS) is 10.4. The lowest BCUT2D eigenvalue weighted by Gasteiger charge is -2.18. The minimum absolute atomic E-state index is 0.216. The fourth-order valence-electron chi connectivity index (χ4n) is 1.33. The third-order valence-corrected chi connectivity index (χ3v) is 2.80. The number of hydrogen-bond donors (Lipinski definition) is 1. The first-order valence-electron chi connectivity index (χ1n) is 6.12. The first-order chi connectivity index (χ1) is 9.31. The maximum atomic E-state index is 11.4. The number of alkyl carbamates (subject to hydrolysis) is 1. The lowest BCUT2D eigenvalue weighted by Crippen LogP contribution is -2.32. The van der Waals surface area contributed by atoms with Crippen LogP contribution in [0.3, 0.4) is 0 Å². The molecule has 0 saturated heterocycles. The zero-order valence-corrected chi connectivity index (χ0v) is 13.2. The predicted octanol–water partition coefficient (Wildman–Crippen LogP) is 3.96. The van der Waals surface area contributed by atoms with Gasteiger partial charge in [0.2, 0.25) is 0 Å². The molecule has 0 radical (unpaired) electrons. The van der Waals surface area contributed by atoms with E-state index in [1.54, 1.807) is 32.9 Å². The van der Waals surface area contributed by atoms with Crippen LogP contribution >= 0.6 is 23.2 Å². The second kappa shape index (κ2) is 7.42. The molecule has 0 aliphatic rings. The average molecular weight is 314 g/mol. The van der Waals surface area contributed by atoms with E-state index >= 15 is 0 Å². The molecular weight excluding hydrogens is 297 g/mol. The van der Waals surface area contributed by atoms with Crippen molar-refractivity contribution in [3.05, 3.63) is 34.3 Å². The molecule has 0 spiro atoms. The van der Waals surface area contributed by atoms with Gasteiger partial charge in [-0.05, 0) is 44.5 Å². The molecule has 1 N–H and O–H groups in total. The van der Waals surface area contributed by atoms with Crippen LogP contribution < -0.4 is 5.32 Å². The van der Waals surface area contributed by atoms with Crippen molar-refractivity contribution in [1.82, 2.24) is 5.32 Å². The number of carbonyl (C=O) groups excluding carboxylic acids is 1. The zero-order valence-electron chi connectivity index (χ0n) is 11.7. The van der Waals surface area contributed by atoms with Gasteiger partial charge in [-0.1, -0.05) is 23.4 Å². The number of ether oxygens (including phenoxy) is 1. The lowest BCUT2D eigenvalue weighted by atomic mass is 10.1. The smallest absolute Gasteiger partial charge is 0.408 e. The van der Waals surface area contributed by atoms with E-state index in [0.29, 0.717) is 10.9 Å². The molecule has 1 aromatic rings. The van der Waals surface area contributed by atoms with Gasteiger partial charge in [-0.3, -0.25) is 0 Å². The molecule has 0 saturated carbocycles. The van der Waals surface area contributed by atoms with Crippen LogP contribution in [-0.2, 0) is 10.6 Å². The van der Waals surface area contributed by atoms with Crippen LogP contribution in [-0.4, -0.2) is 18.2 Å². The summed E-state index contributed by atoms with van der Waals surface area (Å²) in [6.07, 6.45) is -0.482. The number of nitrogens with one attached hydrogen (secondary N) is 1. The van der Waals surface area contributed by atoms with Gasteiger partial charge in [0.05, 0.1) is 6.54 Å². The molecule has 1 aromatic carbocycles. The highest BCUT2D eigenvalue weighted by Crippen LogP contribution is 2.18. The first-order valence-corrected chi connectivity index (χ1v) is 7.03. The van der Waals surface area contributed by atoms with Crippen LogP contribution in [0.4, 0.5) is 4.79 Å². The van der Waals surface area contributed by atoms with Crippen LogP contribution in [0.1, 0.15) is 31.9 Å². The standard InChI is InChI=1S/C15H17Cl2NO2/c1-15(2,3)20-14(19)18-8-4-5-11-6-7-13(17)12(9-11)10-16/h6-7,9H,8,10H2,1-3H3,(H,18,19). The van der Waals surface area contributed by atoms with E-state index in [1.807, 2.05) is 6.07 Å². The highest BCUT2D eigenvalue weighted by atomic mass is 35.5. The van der Waals surface area contributed by atoms with Crippen LogP contribution in [0.25, 0.3) is 0 Å². The van der Waals surface area contributed by atoms with Crippen molar-refractivity contribution in [3.8, 4) is 11.8 Å². The zero-order chi connectivity index (χ0) is 15.2. The van der Waals surface area contributed by atoms with Crippen LogP contribution in [0.5, 0.6) is 0 Å². The summed E-state index contributed by atoms with van der Waals surface area (Å²) in [6, 6.07) is 5.39. The minimum Gasteiger partial charge on any atom is -0.444 e. The fraction of sp³-hybridized carbons (Fsp3) is 0.400. The molecule has 1 rings (SSSR count). The highest BCUT2D eigenvalue weighted by Gasteiger charge is 2.14. The first kappa shape index (κ1) is 16.7. The predicted molar refractivity (Wildman–Crippen MR) is 82.1 cm³/mol. The van der Waals surface area contributed by atoms with Gasteiger partial charge >= 0.3 is 6.09 Å². The molecule has 20 heavy (non-hydrogen) atoms. The number of amides is 1. The van der Waals surface area contributed by atoms with Gasteiger partial charge in [0.25, 0.3) is 0 Å². The van der Waals surface area contributed by atoms with Gasteiger partial charge in [-0.15, -0.1) is 11.6 Å². The molecule has 0 heterocycles. The summed E-state index contributed by atoms with van der Waals surface area (Å²) in [5, 5.41) is 3.19. The van der Waals surface area contributed by atoms with Crippen molar-refractivity contribution in [1.29, 1.82) is 0 Å². The summed E-state index contributed by atoms with van der Waals surface area (Å²) < 4.78 is 5.09. The number of rotatable bonds is 2. The quantitative estimate of drug-likeness (QED) is 0.663. The largest absolute Gasteiger partial charge is 0.444 e. The second-order valence-electron chi connectivity index (χ2n) is 5.10. The molecule has 0 aromatic heterocycles.